The van der Waals surface area contributed by atoms with Crippen LogP contribution in [0.15, 0.2) is 83.8 Å². The SMILES string of the molecule is Cc1ccc(S(=O)(=O)N2C[C@@H](C(=O)O)[C@H](SCc3ccc(C(C)(C)C)cc3)C[C@H]2c2ccccc2)cc1. The molecule has 1 aliphatic rings. The highest BCUT2D eigenvalue weighted by atomic mass is 32.2. The summed E-state index contributed by atoms with van der Waals surface area (Å²) >= 11 is 1.61. The number of benzene rings is 3. The number of carboxylic acid groups (broad SMARTS) is 1. The largest absolute Gasteiger partial charge is 0.481 e. The predicted molar refractivity (Wildman–Crippen MR) is 150 cm³/mol. The molecule has 1 fully saturated rings. The second-order valence-corrected chi connectivity index (χ2v) is 13.9. The maximum atomic E-state index is 13.8. The van der Waals surface area contributed by atoms with Gasteiger partial charge < -0.3 is 5.11 Å². The summed E-state index contributed by atoms with van der Waals surface area (Å²) in [7, 11) is -3.89. The summed E-state index contributed by atoms with van der Waals surface area (Å²) in [5, 5.41) is 9.92. The molecule has 0 spiro atoms. The van der Waals surface area contributed by atoms with Gasteiger partial charge >= 0.3 is 5.97 Å². The Morgan fingerprint density at radius 2 is 1.59 bits per heavy atom. The quantitative estimate of drug-likeness (QED) is 0.376. The van der Waals surface area contributed by atoms with Crippen molar-refractivity contribution >= 4 is 27.8 Å². The van der Waals surface area contributed by atoms with Crippen molar-refractivity contribution in [2.45, 2.75) is 61.5 Å². The Labute approximate surface area is 225 Å². The first-order valence-electron chi connectivity index (χ1n) is 12.5. The summed E-state index contributed by atoms with van der Waals surface area (Å²) in [6.07, 6.45) is 0.427. The van der Waals surface area contributed by atoms with E-state index in [1.165, 1.54) is 9.87 Å². The highest BCUT2D eigenvalue weighted by molar-refractivity contribution is 7.99. The van der Waals surface area contributed by atoms with E-state index in [-0.39, 0.29) is 22.1 Å². The van der Waals surface area contributed by atoms with Crippen LogP contribution in [0.2, 0.25) is 0 Å². The molecule has 0 aromatic heterocycles. The molecule has 196 valence electrons. The first-order chi connectivity index (χ1) is 17.5. The number of carboxylic acids is 1. The maximum absolute atomic E-state index is 13.8. The molecule has 3 atom stereocenters. The summed E-state index contributed by atoms with van der Waals surface area (Å²) < 4.78 is 29.0. The van der Waals surface area contributed by atoms with Crippen molar-refractivity contribution < 1.29 is 18.3 Å². The van der Waals surface area contributed by atoms with Crippen LogP contribution in [0.1, 0.15) is 55.5 Å². The van der Waals surface area contributed by atoms with Gasteiger partial charge in [0.2, 0.25) is 10.0 Å². The minimum atomic E-state index is -3.89. The van der Waals surface area contributed by atoms with Crippen molar-refractivity contribution in [1.29, 1.82) is 0 Å². The van der Waals surface area contributed by atoms with Gasteiger partial charge in [0, 0.05) is 17.5 Å². The van der Waals surface area contributed by atoms with Crippen molar-refractivity contribution in [1.82, 2.24) is 4.31 Å². The van der Waals surface area contributed by atoms with Gasteiger partial charge in [0.05, 0.1) is 16.9 Å². The molecular formula is C30H35NO4S2. The Morgan fingerprint density at radius 1 is 0.973 bits per heavy atom. The average molecular weight is 538 g/mol. The fraction of sp³-hybridized carbons (Fsp3) is 0.367. The van der Waals surface area contributed by atoms with Crippen molar-refractivity contribution in [3.63, 3.8) is 0 Å². The molecule has 0 radical (unpaired) electrons. The minimum Gasteiger partial charge on any atom is -0.481 e. The number of thioether (sulfide) groups is 1. The molecule has 0 aliphatic carbocycles. The Kier molecular flexibility index (Phi) is 8.17. The van der Waals surface area contributed by atoms with Gasteiger partial charge in [-0.3, -0.25) is 4.79 Å². The second kappa shape index (κ2) is 11.0. The normalized spacial score (nSPS) is 21.0. The molecule has 3 aromatic rings. The molecule has 4 rings (SSSR count). The van der Waals surface area contributed by atoms with Crippen LogP contribution in [0.4, 0.5) is 0 Å². The lowest BCUT2D eigenvalue weighted by Gasteiger charge is -2.41. The lowest BCUT2D eigenvalue weighted by molar-refractivity contribution is -0.143. The molecule has 3 aromatic carbocycles. The lowest BCUT2D eigenvalue weighted by atomic mass is 9.87. The molecule has 5 nitrogen and oxygen atoms in total. The molecule has 1 heterocycles. The fourth-order valence-electron chi connectivity index (χ4n) is 4.75. The molecular weight excluding hydrogens is 502 g/mol. The second-order valence-electron chi connectivity index (χ2n) is 10.8. The maximum Gasteiger partial charge on any atom is 0.308 e. The van der Waals surface area contributed by atoms with Gasteiger partial charge in [-0.25, -0.2) is 8.42 Å². The molecule has 1 N–H and O–H groups in total. The van der Waals surface area contributed by atoms with E-state index in [9.17, 15) is 18.3 Å². The van der Waals surface area contributed by atoms with E-state index < -0.39 is 28.0 Å². The Balaban J connectivity index is 1.63. The Morgan fingerprint density at radius 3 is 2.16 bits per heavy atom. The van der Waals surface area contributed by atoms with Gasteiger partial charge in [-0.05, 0) is 47.6 Å². The van der Waals surface area contributed by atoms with Gasteiger partial charge in [0.1, 0.15) is 0 Å². The van der Waals surface area contributed by atoms with E-state index in [1.54, 1.807) is 36.0 Å². The summed E-state index contributed by atoms with van der Waals surface area (Å²) in [5.41, 5.74) is 4.30. The van der Waals surface area contributed by atoms with E-state index >= 15 is 0 Å². The number of carbonyl (C=O) groups is 1. The highest BCUT2D eigenvalue weighted by Crippen LogP contribution is 2.43. The number of sulfonamides is 1. The molecule has 0 saturated carbocycles. The van der Waals surface area contributed by atoms with Gasteiger partial charge in [0.15, 0.2) is 0 Å². The van der Waals surface area contributed by atoms with Crippen LogP contribution in [0, 0.1) is 12.8 Å². The average Bonchev–Trinajstić information content (AvgIpc) is 2.87. The first-order valence-corrected chi connectivity index (χ1v) is 15.0. The Bertz CT molecular complexity index is 1310. The summed E-state index contributed by atoms with van der Waals surface area (Å²) in [5.74, 6) is -1.10. The topological polar surface area (TPSA) is 74.7 Å². The summed E-state index contributed by atoms with van der Waals surface area (Å²) in [6, 6.07) is 24.3. The number of hydrogen-bond donors (Lipinski definition) is 1. The van der Waals surface area contributed by atoms with Crippen LogP contribution >= 0.6 is 11.8 Å². The third-order valence-electron chi connectivity index (χ3n) is 7.04. The number of rotatable bonds is 7. The van der Waals surface area contributed by atoms with Crippen LogP contribution < -0.4 is 0 Å². The zero-order chi connectivity index (χ0) is 26.8. The van der Waals surface area contributed by atoms with Crippen LogP contribution in [-0.4, -0.2) is 35.6 Å². The number of aliphatic carboxylic acids is 1. The summed E-state index contributed by atoms with van der Waals surface area (Å²) in [4.78, 5) is 12.6. The zero-order valence-electron chi connectivity index (χ0n) is 21.8. The van der Waals surface area contributed by atoms with Crippen molar-refractivity contribution in [3.05, 3.63) is 101 Å². The van der Waals surface area contributed by atoms with Gasteiger partial charge in [-0.1, -0.05) is 93.1 Å². The van der Waals surface area contributed by atoms with Crippen LogP contribution in [-0.2, 0) is 26.0 Å². The molecule has 0 bridgehead atoms. The third-order valence-corrected chi connectivity index (χ3v) is 10.4. The number of hydrogen-bond acceptors (Lipinski definition) is 4. The predicted octanol–water partition coefficient (Wildman–Crippen LogP) is 6.43. The molecule has 1 aliphatic heterocycles. The van der Waals surface area contributed by atoms with Crippen molar-refractivity contribution in [3.8, 4) is 0 Å². The molecule has 0 amide bonds. The Hall–Kier alpha value is -2.61. The van der Waals surface area contributed by atoms with E-state index in [2.05, 4.69) is 45.0 Å². The molecule has 7 heteroatoms. The van der Waals surface area contributed by atoms with E-state index in [0.717, 1.165) is 16.7 Å². The van der Waals surface area contributed by atoms with Gasteiger partial charge in [-0.15, -0.1) is 0 Å². The number of piperidine rings is 1. The van der Waals surface area contributed by atoms with Crippen LogP contribution in [0.5, 0.6) is 0 Å². The fourth-order valence-corrected chi connectivity index (χ4v) is 7.76. The first kappa shape index (κ1) is 27.4. The molecule has 37 heavy (non-hydrogen) atoms. The molecule has 1 saturated heterocycles. The van der Waals surface area contributed by atoms with Crippen LogP contribution in [0.25, 0.3) is 0 Å². The van der Waals surface area contributed by atoms with Crippen LogP contribution in [0.3, 0.4) is 0 Å². The van der Waals surface area contributed by atoms with Crippen molar-refractivity contribution in [2.24, 2.45) is 5.92 Å². The standard InChI is InChI=1S/C30H35NO4S2/c1-21-10-16-25(17-11-21)37(34,35)31-19-26(29(32)33)28(18-27(31)23-8-6-5-7-9-23)36-20-22-12-14-24(15-13-22)30(2,3)4/h5-17,26-28H,18-20H2,1-4H3,(H,32,33)/t26-,27+,28-/m1/s1. The number of aryl methyl sites for hydroxylation is 1. The van der Waals surface area contributed by atoms with E-state index in [4.69, 9.17) is 0 Å². The van der Waals surface area contributed by atoms with Gasteiger partial charge in [0.25, 0.3) is 0 Å². The number of nitrogens with zero attached hydrogens (tertiary/aromatic N) is 1. The van der Waals surface area contributed by atoms with E-state index in [1.807, 2.05) is 37.3 Å². The lowest BCUT2D eigenvalue weighted by Crippen LogP contribution is -2.49. The van der Waals surface area contributed by atoms with Gasteiger partial charge in [-0.2, -0.15) is 16.1 Å². The minimum absolute atomic E-state index is 0.0638. The zero-order valence-corrected chi connectivity index (χ0v) is 23.4. The monoisotopic (exact) mass is 537 g/mol. The van der Waals surface area contributed by atoms with Crippen molar-refractivity contribution in [2.75, 3.05) is 6.54 Å². The summed E-state index contributed by atoms with van der Waals surface area (Å²) in [6.45, 7) is 8.37. The third kappa shape index (κ3) is 6.28. The highest BCUT2D eigenvalue weighted by Gasteiger charge is 2.45. The van der Waals surface area contributed by atoms with E-state index in [0.29, 0.717) is 12.2 Å². The molecule has 0 unspecified atom stereocenters. The smallest absolute Gasteiger partial charge is 0.308 e.